The second kappa shape index (κ2) is 11.8. The lowest BCUT2D eigenvalue weighted by Gasteiger charge is -2.26. The van der Waals surface area contributed by atoms with E-state index in [1.807, 2.05) is 0 Å². The molecule has 0 unspecified atom stereocenters. The quantitative estimate of drug-likeness (QED) is 0.182. The first kappa shape index (κ1) is 31.7. The van der Waals surface area contributed by atoms with Gasteiger partial charge in [0, 0.05) is 58.8 Å². The molecule has 3 aliphatic rings. The Labute approximate surface area is 277 Å². The standard InChI is InChI=1S/C43H51N3/c1-10-44-35-22-16-13-19-32(35)41(4,5)38(44)28-25-31(26-29-39-42(6,7)33-20-14-17-23-36(33)45(39)11-2)27-30-40-43(8,9)34-21-15-18-24-37(34)46(40)12-3/h13-30H,10-12H2,1-9H3/q+2. The maximum absolute atomic E-state index is 2.48. The molecule has 0 bridgehead atoms. The van der Waals surface area contributed by atoms with Crippen molar-refractivity contribution in [2.75, 3.05) is 24.5 Å². The zero-order chi connectivity index (χ0) is 32.9. The summed E-state index contributed by atoms with van der Waals surface area (Å²) in [5, 5.41) is 0. The van der Waals surface area contributed by atoms with Gasteiger partial charge in [-0.3, -0.25) is 0 Å². The van der Waals surface area contributed by atoms with Gasteiger partial charge < -0.3 is 4.90 Å². The van der Waals surface area contributed by atoms with Gasteiger partial charge in [-0.1, -0.05) is 74.5 Å². The molecule has 3 aliphatic heterocycles. The molecule has 0 atom stereocenters. The highest BCUT2D eigenvalue weighted by Crippen LogP contribution is 2.47. The van der Waals surface area contributed by atoms with E-state index in [-0.39, 0.29) is 16.2 Å². The summed E-state index contributed by atoms with van der Waals surface area (Å²) in [7, 11) is 0. The molecule has 3 aromatic carbocycles. The zero-order valence-corrected chi connectivity index (χ0v) is 29.4. The Morgan fingerprint density at radius 1 is 0.609 bits per heavy atom. The van der Waals surface area contributed by atoms with Crippen LogP contribution in [0.1, 0.15) is 79.0 Å². The predicted molar refractivity (Wildman–Crippen MR) is 197 cm³/mol. The van der Waals surface area contributed by atoms with E-state index in [1.54, 1.807) is 0 Å². The lowest BCUT2D eigenvalue weighted by atomic mass is 9.81. The highest BCUT2D eigenvalue weighted by Gasteiger charge is 2.45. The molecule has 0 aliphatic carbocycles. The fourth-order valence-corrected chi connectivity index (χ4v) is 8.14. The molecule has 3 nitrogen and oxygen atoms in total. The Kier molecular flexibility index (Phi) is 8.17. The Hall–Kier alpha value is -4.24. The number of benzene rings is 3. The third-order valence-electron chi connectivity index (χ3n) is 10.6. The number of nitrogens with zero attached hydrogens (tertiary/aromatic N) is 3. The highest BCUT2D eigenvalue weighted by atomic mass is 15.2. The molecular formula is C43H51N3+2. The van der Waals surface area contributed by atoms with Gasteiger partial charge in [0.15, 0.2) is 11.4 Å². The first-order chi connectivity index (χ1) is 22.0. The Balaban J connectivity index is 1.47. The number of allylic oxidation sites excluding steroid dienone is 8. The number of hydrogen-bond donors (Lipinski definition) is 0. The normalized spacial score (nSPS) is 19.8. The average molecular weight is 610 g/mol. The number of anilines is 1. The fraction of sp³-hybridized carbons (Fsp3) is 0.349. The van der Waals surface area contributed by atoms with E-state index in [4.69, 9.17) is 0 Å². The molecule has 0 saturated carbocycles. The number of fused-ring (bicyclic) bond motifs is 3. The molecule has 6 rings (SSSR count). The molecule has 0 amide bonds. The van der Waals surface area contributed by atoms with Crippen LogP contribution in [-0.2, 0) is 16.2 Å². The fourth-order valence-electron chi connectivity index (χ4n) is 8.14. The maximum Gasteiger partial charge on any atom is 0.209 e. The highest BCUT2D eigenvalue weighted by molar-refractivity contribution is 6.04. The van der Waals surface area contributed by atoms with Crippen LogP contribution in [0.5, 0.6) is 0 Å². The summed E-state index contributed by atoms with van der Waals surface area (Å²) in [6.07, 6.45) is 14.1. The lowest BCUT2D eigenvalue weighted by molar-refractivity contribution is -0.433. The van der Waals surface area contributed by atoms with Crippen LogP contribution in [0.3, 0.4) is 0 Å². The minimum absolute atomic E-state index is 0.0761. The summed E-state index contributed by atoms with van der Waals surface area (Å²) in [6.45, 7) is 23.7. The average Bonchev–Trinajstić information content (AvgIpc) is 3.52. The zero-order valence-electron chi connectivity index (χ0n) is 29.4. The topological polar surface area (TPSA) is 9.26 Å². The van der Waals surface area contributed by atoms with Crippen LogP contribution < -0.4 is 4.90 Å². The van der Waals surface area contributed by atoms with Crippen molar-refractivity contribution in [2.24, 2.45) is 0 Å². The van der Waals surface area contributed by atoms with Crippen LogP contribution in [0.25, 0.3) is 0 Å². The minimum atomic E-state index is -0.0761. The Morgan fingerprint density at radius 2 is 1.07 bits per heavy atom. The van der Waals surface area contributed by atoms with Gasteiger partial charge in [0.25, 0.3) is 0 Å². The Bertz CT molecular complexity index is 1780. The largest absolute Gasteiger partial charge is 0.344 e. The van der Waals surface area contributed by atoms with E-state index < -0.39 is 0 Å². The third kappa shape index (κ3) is 4.96. The van der Waals surface area contributed by atoms with Crippen LogP contribution in [0.15, 0.2) is 121 Å². The van der Waals surface area contributed by atoms with Gasteiger partial charge in [-0.15, -0.1) is 0 Å². The van der Waals surface area contributed by atoms with Gasteiger partial charge >= 0.3 is 0 Å². The van der Waals surface area contributed by atoms with Crippen molar-refractivity contribution in [2.45, 2.75) is 78.6 Å². The summed E-state index contributed by atoms with van der Waals surface area (Å²) >= 11 is 0. The molecule has 3 heteroatoms. The van der Waals surface area contributed by atoms with E-state index in [2.05, 4.69) is 186 Å². The number of likely N-dealkylation sites (N-methyl/N-ethyl adjacent to an activating group) is 1. The van der Waals surface area contributed by atoms with E-state index >= 15 is 0 Å². The first-order valence-electron chi connectivity index (χ1n) is 17.1. The number of rotatable bonds is 8. The van der Waals surface area contributed by atoms with Crippen molar-refractivity contribution in [3.8, 4) is 0 Å². The van der Waals surface area contributed by atoms with E-state index in [0.29, 0.717) is 0 Å². The van der Waals surface area contributed by atoms with Crippen LogP contribution in [0, 0.1) is 0 Å². The molecule has 0 spiro atoms. The van der Waals surface area contributed by atoms with Crippen molar-refractivity contribution in [1.82, 2.24) is 0 Å². The van der Waals surface area contributed by atoms with Gasteiger partial charge in [-0.25, -0.2) is 0 Å². The monoisotopic (exact) mass is 609 g/mol. The third-order valence-corrected chi connectivity index (χ3v) is 10.6. The predicted octanol–water partition coefficient (Wildman–Crippen LogP) is 9.92. The molecule has 3 aromatic rings. The van der Waals surface area contributed by atoms with Crippen molar-refractivity contribution in [3.05, 3.63) is 137 Å². The lowest BCUT2D eigenvalue weighted by Crippen LogP contribution is -2.28. The van der Waals surface area contributed by atoms with Crippen LogP contribution in [0.4, 0.5) is 17.1 Å². The van der Waals surface area contributed by atoms with E-state index in [9.17, 15) is 0 Å². The summed E-state index contributed by atoms with van der Waals surface area (Å²) in [5.74, 6) is 0. The number of para-hydroxylation sites is 3. The first-order valence-corrected chi connectivity index (χ1v) is 17.1. The van der Waals surface area contributed by atoms with E-state index in [1.165, 1.54) is 56.4 Å². The molecule has 3 heterocycles. The van der Waals surface area contributed by atoms with Crippen molar-refractivity contribution < 1.29 is 9.15 Å². The van der Waals surface area contributed by atoms with E-state index in [0.717, 1.165) is 19.6 Å². The van der Waals surface area contributed by atoms with Gasteiger partial charge in [-0.2, -0.15) is 9.15 Å². The van der Waals surface area contributed by atoms with Gasteiger partial charge in [0.2, 0.25) is 11.4 Å². The van der Waals surface area contributed by atoms with Crippen LogP contribution >= 0.6 is 0 Å². The molecule has 0 N–H and O–H groups in total. The molecule has 46 heavy (non-hydrogen) atoms. The number of hydrogen-bond acceptors (Lipinski definition) is 1. The molecule has 0 aromatic heterocycles. The Morgan fingerprint density at radius 3 is 1.54 bits per heavy atom. The van der Waals surface area contributed by atoms with Crippen molar-refractivity contribution >= 4 is 28.5 Å². The summed E-state index contributed by atoms with van der Waals surface area (Å²) < 4.78 is 4.96. The molecular weight excluding hydrogens is 558 g/mol. The summed E-state index contributed by atoms with van der Waals surface area (Å²) in [5.41, 5.74) is 13.1. The second-order valence-electron chi connectivity index (χ2n) is 14.3. The van der Waals surface area contributed by atoms with Gasteiger partial charge in [0.1, 0.15) is 13.1 Å². The van der Waals surface area contributed by atoms with Crippen LogP contribution in [-0.4, -0.2) is 40.2 Å². The maximum atomic E-state index is 2.48. The minimum Gasteiger partial charge on any atom is -0.344 e. The molecule has 0 radical (unpaired) electrons. The van der Waals surface area contributed by atoms with Gasteiger partial charge in [0.05, 0.1) is 10.8 Å². The van der Waals surface area contributed by atoms with Gasteiger partial charge in [-0.05, 0) is 83.9 Å². The molecule has 0 fully saturated rings. The SMILES string of the molecule is CCN1/C(=C/C=C(/C=C/C2=[N+](CC)c3ccccc3C2(C)C)/C=C/C2=[N+](CC)c3ccccc3C2(C)C)C(C)(C)c2ccccc21. The second-order valence-corrected chi connectivity index (χ2v) is 14.3. The van der Waals surface area contributed by atoms with Crippen LogP contribution in [0.2, 0.25) is 0 Å². The van der Waals surface area contributed by atoms with Crippen molar-refractivity contribution in [1.29, 1.82) is 0 Å². The summed E-state index contributed by atoms with van der Waals surface area (Å²) in [6, 6.07) is 26.6. The molecule has 0 saturated heterocycles. The molecule has 236 valence electrons. The smallest absolute Gasteiger partial charge is 0.209 e. The summed E-state index contributed by atoms with van der Waals surface area (Å²) in [4.78, 5) is 2.48. The van der Waals surface area contributed by atoms with Crippen molar-refractivity contribution in [3.63, 3.8) is 0 Å².